The highest BCUT2D eigenvalue weighted by Crippen LogP contribution is 2.35. The second kappa shape index (κ2) is 4.15. The molecule has 1 aliphatic carbocycles. The van der Waals surface area contributed by atoms with Crippen LogP contribution < -0.4 is 5.73 Å². The van der Waals surface area contributed by atoms with Crippen molar-refractivity contribution in [2.24, 2.45) is 0 Å². The number of nitrogen functional groups attached to an aromatic ring is 1. The van der Waals surface area contributed by atoms with Gasteiger partial charge in [0.1, 0.15) is 5.82 Å². The van der Waals surface area contributed by atoms with Gasteiger partial charge in [-0.3, -0.25) is 0 Å². The molecule has 88 valence electrons. The zero-order chi connectivity index (χ0) is 11.8. The van der Waals surface area contributed by atoms with Crippen LogP contribution in [-0.4, -0.2) is 4.98 Å². The third-order valence-corrected chi connectivity index (χ3v) is 4.69. The fourth-order valence-electron chi connectivity index (χ4n) is 2.51. The van der Waals surface area contributed by atoms with Crippen LogP contribution in [-0.2, 0) is 12.8 Å². The van der Waals surface area contributed by atoms with Gasteiger partial charge in [-0.2, -0.15) is 0 Å². The molecule has 0 saturated carbocycles. The molecule has 1 aromatic heterocycles. The third-order valence-electron chi connectivity index (χ3n) is 3.55. The van der Waals surface area contributed by atoms with E-state index in [1.54, 1.807) is 11.3 Å². The molecule has 3 heteroatoms. The van der Waals surface area contributed by atoms with Gasteiger partial charge in [0.15, 0.2) is 0 Å². The highest BCUT2D eigenvalue weighted by molar-refractivity contribution is 7.12. The number of fused-ring (bicyclic) bond motifs is 1. The van der Waals surface area contributed by atoms with Crippen LogP contribution in [0.2, 0.25) is 0 Å². The number of thiazole rings is 1. The van der Waals surface area contributed by atoms with Crippen molar-refractivity contribution in [2.75, 3.05) is 5.73 Å². The van der Waals surface area contributed by atoms with E-state index in [1.807, 2.05) is 6.92 Å². The van der Waals surface area contributed by atoms with Crippen molar-refractivity contribution in [2.45, 2.75) is 32.1 Å². The van der Waals surface area contributed by atoms with Gasteiger partial charge in [0.05, 0.1) is 5.01 Å². The molecule has 0 amide bonds. The molecule has 17 heavy (non-hydrogen) atoms. The lowest BCUT2D eigenvalue weighted by atomic mass is 9.84. The van der Waals surface area contributed by atoms with Gasteiger partial charge in [-0.1, -0.05) is 24.3 Å². The number of aromatic nitrogens is 1. The Morgan fingerprint density at radius 1 is 1.29 bits per heavy atom. The lowest BCUT2D eigenvalue weighted by molar-refractivity contribution is 0.582. The summed E-state index contributed by atoms with van der Waals surface area (Å²) in [4.78, 5) is 5.65. The van der Waals surface area contributed by atoms with Gasteiger partial charge in [-0.15, -0.1) is 11.3 Å². The van der Waals surface area contributed by atoms with Crippen LogP contribution in [0.5, 0.6) is 0 Å². The molecule has 1 aliphatic rings. The Labute approximate surface area is 106 Å². The Bertz CT molecular complexity index is 525. The van der Waals surface area contributed by atoms with Gasteiger partial charge in [0.25, 0.3) is 0 Å². The first-order valence-corrected chi connectivity index (χ1v) is 6.85. The average Bonchev–Trinajstić information content (AvgIpc) is 2.69. The summed E-state index contributed by atoms with van der Waals surface area (Å²) in [5, 5.41) is 1.22. The molecule has 0 bridgehead atoms. The second-order valence-corrected chi connectivity index (χ2v) is 5.94. The molecule has 0 fully saturated rings. The van der Waals surface area contributed by atoms with E-state index in [0.717, 1.165) is 11.3 Å². The minimum atomic E-state index is 0.561. The molecule has 2 aromatic rings. The van der Waals surface area contributed by atoms with Crippen LogP contribution in [0.1, 0.15) is 33.4 Å². The van der Waals surface area contributed by atoms with Gasteiger partial charge in [0.2, 0.25) is 0 Å². The number of hydrogen-bond acceptors (Lipinski definition) is 3. The highest BCUT2D eigenvalue weighted by atomic mass is 32.1. The normalized spacial score (nSPS) is 19.0. The molecule has 3 rings (SSSR count). The number of anilines is 1. The molecule has 1 atom stereocenters. The van der Waals surface area contributed by atoms with Crippen molar-refractivity contribution < 1.29 is 0 Å². The van der Waals surface area contributed by atoms with Crippen LogP contribution >= 0.6 is 11.3 Å². The summed E-state index contributed by atoms with van der Waals surface area (Å²) in [6.45, 7) is 2.05. The summed E-state index contributed by atoms with van der Waals surface area (Å²) in [5.41, 5.74) is 8.83. The number of aryl methyl sites for hydroxylation is 2. The average molecular weight is 244 g/mol. The topological polar surface area (TPSA) is 38.9 Å². The summed E-state index contributed by atoms with van der Waals surface area (Å²) in [6, 6.07) is 8.74. The second-order valence-electron chi connectivity index (χ2n) is 4.70. The Morgan fingerprint density at radius 3 is 2.76 bits per heavy atom. The van der Waals surface area contributed by atoms with E-state index in [1.165, 1.54) is 29.0 Å². The maximum Gasteiger partial charge on any atom is 0.137 e. The SMILES string of the molecule is Cc1sc(C2CCc3ccccc3C2)nc1N. The number of rotatable bonds is 1. The van der Waals surface area contributed by atoms with Gasteiger partial charge < -0.3 is 5.73 Å². The van der Waals surface area contributed by atoms with Crippen LogP contribution in [0.25, 0.3) is 0 Å². The van der Waals surface area contributed by atoms with E-state index in [4.69, 9.17) is 5.73 Å². The molecule has 0 aliphatic heterocycles. The number of benzene rings is 1. The Kier molecular flexibility index (Phi) is 2.63. The van der Waals surface area contributed by atoms with Gasteiger partial charge in [-0.25, -0.2) is 4.98 Å². The maximum atomic E-state index is 5.84. The highest BCUT2D eigenvalue weighted by Gasteiger charge is 2.22. The molecule has 0 radical (unpaired) electrons. The summed E-state index contributed by atoms with van der Waals surface area (Å²) in [5.74, 6) is 1.27. The van der Waals surface area contributed by atoms with Crippen molar-refractivity contribution in [3.8, 4) is 0 Å². The van der Waals surface area contributed by atoms with Crippen LogP contribution in [0.3, 0.4) is 0 Å². The van der Waals surface area contributed by atoms with E-state index < -0.39 is 0 Å². The van der Waals surface area contributed by atoms with E-state index in [9.17, 15) is 0 Å². The van der Waals surface area contributed by atoms with Crippen molar-refractivity contribution in [3.63, 3.8) is 0 Å². The smallest absolute Gasteiger partial charge is 0.137 e. The molecule has 2 N–H and O–H groups in total. The van der Waals surface area contributed by atoms with Crippen molar-refractivity contribution in [1.82, 2.24) is 4.98 Å². The Hall–Kier alpha value is -1.35. The number of nitrogens with two attached hydrogens (primary N) is 1. The first-order chi connectivity index (χ1) is 8.24. The largest absolute Gasteiger partial charge is 0.383 e. The minimum absolute atomic E-state index is 0.561. The summed E-state index contributed by atoms with van der Waals surface area (Å²) in [7, 11) is 0. The zero-order valence-electron chi connectivity index (χ0n) is 9.94. The van der Waals surface area contributed by atoms with E-state index in [2.05, 4.69) is 29.2 Å². The molecular formula is C14H16N2S. The minimum Gasteiger partial charge on any atom is -0.383 e. The van der Waals surface area contributed by atoms with E-state index >= 15 is 0 Å². The quantitative estimate of drug-likeness (QED) is 0.836. The van der Waals surface area contributed by atoms with Crippen molar-refractivity contribution in [1.29, 1.82) is 0 Å². The molecule has 2 nitrogen and oxygen atoms in total. The van der Waals surface area contributed by atoms with E-state index in [0.29, 0.717) is 11.7 Å². The Morgan fingerprint density at radius 2 is 2.06 bits per heavy atom. The van der Waals surface area contributed by atoms with Crippen LogP contribution in [0.15, 0.2) is 24.3 Å². The molecule has 1 heterocycles. The zero-order valence-corrected chi connectivity index (χ0v) is 10.8. The summed E-state index contributed by atoms with van der Waals surface area (Å²) in [6.07, 6.45) is 3.48. The Balaban J connectivity index is 1.89. The lowest BCUT2D eigenvalue weighted by Gasteiger charge is -2.22. The van der Waals surface area contributed by atoms with Gasteiger partial charge >= 0.3 is 0 Å². The van der Waals surface area contributed by atoms with Gasteiger partial charge in [0, 0.05) is 10.8 Å². The standard InChI is InChI=1S/C14H16N2S/c1-9-13(15)16-14(17-9)12-7-6-10-4-2-3-5-11(10)8-12/h2-5,12H,6-8,15H2,1H3. The fraction of sp³-hybridized carbons (Fsp3) is 0.357. The van der Waals surface area contributed by atoms with Crippen LogP contribution in [0, 0.1) is 6.92 Å². The fourth-order valence-corrected chi connectivity index (χ4v) is 3.49. The summed E-state index contributed by atoms with van der Waals surface area (Å²) < 4.78 is 0. The molecular weight excluding hydrogens is 228 g/mol. The predicted octanol–water partition coefficient (Wildman–Crippen LogP) is 3.31. The van der Waals surface area contributed by atoms with E-state index in [-0.39, 0.29) is 0 Å². The molecule has 1 aromatic carbocycles. The maximum absolute atomic E-state index is 5.84. The third kappa shape index (κ3) is 1.95. The number of hydrogen-bond donors (Lipinski definition) is 1. The van der Waals surface area contributed by atoms with Crippen LogP contribution in [0.4, 0.5) is 5.82 Å². The first-order valence-electron chi connectivity index (χ1n) is 6.03. The van der Waals surface area contributed by atoms with Gasteiger partial charge in [-0.05, 0) is 37.3 Å². The monoisotopic (exact) mass is 244 g/mol. The number of nitrogens with zero attached hydrogens (tertiary/aromatic N) is 1. The molecule has 0 spiro atoms. The molecule has 1 unspecified atom stereocenters. The summed E-state index contributed by atoms with van der Waals surface area (Å²) >= 11 is 1.76. The first kappa shape index (κ1) is 10.8. The van der Waals surface area contributed by atoms with Crippen molar-refractivity contribution >= 4 is 17.2 Å². The predicted molar refractivity (Wildman–Crippen MR) is 72.5 cm³/mol. The van der Waals surface area contributed by atoms with Crippen molar-refractivity contribution in [3.05, 3.63) is 45.3 Å². The molecule has 0 saturated heterocycles. The lowest BCUT2D eigenvalue weighted by Crippen LogP contribution is -2.12.